The first-order chi connectivity index (χ1) is 11.7. The smallest absolute Gasteiger partial charge is 0.222 e. The Balaban J connectivity index is 1.77. The highest BCUT2D eigenvalue weighted by molar-refractivity contribution is 5.55. The maximum atomic E-state index is 13.0. The number of hydrogen-bond donors (Lipinski definition) is 2. The fraction of sp³-hybridized carbons (Fsp3) is 0.375. The van der Waals surface area contributed by atoms with Crippen LogP contribution in [0.5, 0.6) is 11.5 Å². The average Bonchev–Trinajstić information content (AvgIpc) is 2.59. The number of halogens is 1. The molecule has 0 radical (unpaired) electrons. The zero-order valence-electron chi connectivity index (χ0n) is 13.2. The molecule has 1 saturated heterocycles. The van der Waals surface area contributed by atoms with Gasteiger partial charge in [-0.25, -0.2) is 9.37 Å². The third-order valence-electron chi connectivity index (χ3n) is 3.88. The monoisotopic (exact) mass is 333 g/mol. The fourth-order valence-corrected chi connectivity index (χ4v) is 2.63. The van der Waals surface area contributed by atoms with Crippen molar-refractivity contribution in [2.75, 3.05) is 50.0 Å². The summed E-state index contributed by atoms with van der Waals surface area (Å²) in [7, 11) is 0. The van der Waals surface area contributed by atoms with Gasteiger partial charge in [0.25, 0.3) is 0 Å². The van der Waals surface area contributed by atoms with Crippen molar-refractivity contribution in [1.82, 2.24) is 14.9 Å². The Labute approximate surface area is 139 Å². The Morgan fingerprint density at radius 2 is 1.88 bits per heavy atom. The second-order valence-electron chi connectivity index (χ2n) is 5.52. The lowest BCUT2D eigenvalue weighted by Crippen LogP contribution is -2.47. The number of piperazine rings is 1. The van der Waals surface area contributed by atoms with E-state index in [-0.39, 0.29) is 18.4 Å². The van der Waals surface area contributed by atoms with E-state index >= 15 is 0 Å². The zero-order chi connectivity index (χ0) is 16.9. The second-order valence-corrected chi connectivity index (χ2v) is 5.52. The van der Waals surface area contributed by atoms with Crippen molar-refractivity contribution in [2.24, 2.45) is 0 Å². The van der Waals surface area contributed by atoms with Crippen LogP contribution < -0.4 is 15.4 Å². The maximum Gasteiger partial charge on any atom is 0.222 e. The summed E-state index contributed by atoms with van der Waals surface area (Å²) in [4.78, 5) is 12.6. The number of nitrogen functional groups attached to an aromatic ring is 1. The zero-order valence-corrected chi connectivity index (χ0v) is 13.2. The van der Waals surface area contributed by atoms with E-state index in [1.54, 1.807) is 12.1 Å². The number of nitrogens with zero attached hydrogens (tertiary/aromatic N) is 4. The van der Waals surface area contributed by atoms with E-state index in [1.165, 1.54) is 18.3 Å². The number of benzene rings is 1. The molecular weight excluding hydrogens is 313 g/mol. The van der Waals surface area contributed by atoms with Crippen LogP contribution in [0.15, 0.2) is 30.5 Å². The van der Waals surface area contributed by atoms with Gasteiger partial charge in [0.2, 0.25) is 5.95 Å². The highest BCUT2D eigenvalue weighted by atomic mass is 19.1. The summed E-state index contributed by atoms with van der Waals surface area (Å²) in [5.74, 6) is 1.46. The van der Waals surface area contributed by atoms with E-state index in [9.17, 15) is 4.39 Å². The Kier molecular flexibility index (Phi) is 5.07. The van der Waals surface area contributed by atoms with Crippen LogP contribution >= 0.6 is 0 Å². The first kappa shape index (κ1) is 16.4. The quantitative estimate of drug-likeness (QED) is 0.847. The van der Waals surface area contributed by atoms with Crippen LogP contribution in [0, 0.1) is 5.82 Å². The molecule has 128 valence electrons. The van der Waals surface area contributed by atoms with Crippen molar-refractivity contribution in [3.8, 4) is 11.5 Å². The van der Waals surface area contributed by atoms with Crippen molar-refractivity contribution >= 4 is 11.8 Å². The summed E-state index contributed by atoms with van der Waals surface area (Å²) in [5, 5.41) is 9.03. The predicted molar refractivity (Wildman–Crippen MR) is 88.7 cm³/mol. The number of aromatic nitrogens is 2. The molecule has 0 atom stereocenters. The number of anilines is 2. The van der Waals surface area contributed by atoms with Gasteiger partial charge in [-0.3, -0.25) is 4.90 Å². The number of aliphatic hydroxyl groups is 1. The van der Waals surface area contributed by atoms with E-state index in [2.05, 4.69) is 19.8 Å². The molecule has 8 heteroatoms. The van der Waals surface area contributed by atoms with Crippen LogP contribution in [0.1, 0.15) is 0 Å². The summed E-state index contributed by atoms with van der Waals surface area (Å²) < 4.78 is 18.8. The molecule has 1 aliphatic heterocycles. The SMILES string of the molecule is Nc1ncc(Oc2ccc(F)cc2)c(N2CCN(CCO)CC2)n1. The molecule has 0 amide bonds. The molecule has 7 nitrogen and oxygen atoms in total. The van der Waals surface area contributed by atoms with E-state index in [1.807, 2.05) is 0 Å². The summed E-state index contributed by atoms with van der Waals surface area (Å²) in [6.07, 6.45) is 1.53. The Morgan fingerprint density at radius 3 is 2.54 bits per heavy atom. The van der Waals surface area contributed by atoms with Crippen molar-refractivity contribution in [3.05, 3.63) is 36.3 Å². The summed E-state index contributed by atoms with van der Waals surface area (Å²) in [6, 6.07) is 5.77. The van der Waals surface area contributed by atoms with Gasteiger partial charge in [-0.05, 0) is 24.3 Å². The minimum absolute atomic E-state index is 0.152. The standard InChI is InChI=1S/C16H20FN5O2/c17-12-1-3-13(4-2-12)24-14-11-19-16(18)20-15(14)22-7-5-21(6-8-22)9-10-23/h1-4,11,23H,5-10H2,(H2,18,19,20). The van der Waals surface area contributed by atoms with Gasteiger partial charge in [0.1, 0.15) is 11.6 Å². The van der Waals surface area contributed by atoms with Gasteiger partial charge < -0.3 is 20.5 Å². The lowest BCUT2D eigenvalue weighted by Gasteiger charge is -2.35. The molecule has 3 N–H and O–H groups in total. The van der Waals surface area contributed by atoms with E-state index in [0.717, 1.165) is 26.2 Å². The van der Waals surface area contributed by atoms with Gasteiger partial charge in [-0.15, -0.1) is 0 Å². The second kappa shape index (κ2) is 7.41. The summed E-state index contributed by atoms with van der Waals surface area (Å²) >= 11 is 0. The minimum atomic E-state index is -0.323. The van der Waals surface area contributed by atoms with Crippen molar-refractivity contribution in [3.63, 3.8) is 0 Å². The Hall–Kier alpha value is -2.45. The van der Waals surface area contributed by atoms with Crippen molar-refractivity contribution < 1.29 is 14.2 Å². The molecule has 3 rings (SSSR count). The van der Waals surface area contributed by atoms with Crippen molar-refractivity contribution in [2.45, 2.75) is 0 Å². The predicted octanol–water partition coefficient (Wildman–Crippen LogP) is 1.10. The molecular formula is C16H20FN5O2. The van der Waals surface area contributed by atoms with Gasteiger partial charge >= 0.3 is 0 Å². The average molecular weight is 333 g/mol. The van der Waals surface area contributed by atoms with Crippen molar-refractivity contribution in [1.29, 1.82) is 0 Å². The van der Waals surface area contributed by atoms with Gasteiger partial charge in [0.15, 0.2) is 11.6 Å². The van der Waals surface area contributed by atoms with E-state index in [4.69, 9.17) is 15.6 Å². The molecule has 0 spiro atoms. The molecule has 0 unspecified atom stereocenters. The number of hydrogen-bond acceptors (Lipinski definition) is 7. The number of ether oxygens (including phenoxy) is 1. The van der Waals surface area contributed by atoms with Crippen LogP contribution in [-0.4, -0.2) is 59.3 Å². The van der Waals surface area contributed by atoms with E-state index < -0.39 is 0 Å². The van der Waals surface area contributed by atoms with Gasteiger partial charge in [0, 0.05) is 32.7 Å². The molecule has 1 aromatic carbocycles. The van der Waals surface area contributed by atoms with E-state index in [0.29, 0.717) is 23.9 Å². The van der Waals surface area contributed by atoms with Crippen LogP contribution in [0.3, 0.4) is 0 Å². The molecule has 0 bridgehead atoms. The molecule has 1 fully saturated rings. The molecule has 0 aliphatic carbocycles. The minimum Gasteiger partial charge on any atom is -0.452 e. The first-order valence-electron chi connectivity index (χ1n) is 7.80. The molecule has 2 heterocycles. The highest BCUT2D eigenvalue weighted by Gasteiger charge is 2.21. The number of aliphatic hydroxyl groups excluding tert-OH is 1. The molecule has 24 heavy (non-hydrogen) atoms. The molecule has 1 aromatic heterocycles. The largest absolute Gasteiger partial charge is 0.452 e. The van der Waals surface area contributed by atoms with Gasteiger partial charge in [-0.2, -0.15) is 4.98 Å². The Morgan fingerprint density at radius 1 is 1.17 bits per heavy atom. The lowest BCUT2D eigenvalue weighted by molar-refractivity contribution is 0.188. The van der Waals surface area contributed by atoms with Gasteiger partial charge in [0.05, 0.1) is 12.8 Å². The molecule has 1 aliphatic rings. The van der Waals surface area contributed by atoms with Crippen LogP contribution in [0.4, 0.5) is 16.2 Å². The van der Waals surface area contributed by atoms with Crippen LogP contribution in [0.2, 0.25) is 0 Å². The molecule has 0 saturated carbocycles. The maximum absolute atomic E-state index is 13.0. The topological polar surface area (TPSA) is 87.7 Å². The normalized spacial score (nSPS) is 15.5. The number of β-amino-alcohol motifs (C(OH)–C–C–N with tert-alkyl or cyclic N) is 1. The molecule has 2 aromatic rings. The lowest BCUT2D eigenvalue weighted by atomic mass is 10.3. The number of nitrogens with two attached hydrogens (primary N) is 1. The van der Waals surface area contributed by atoms with Crippen LogP contribution in [-0.2, 0) is 0 Å². The number of rotatable bonds is 5. The third kappa shape index (κ3) is 3.90. The summed E-state index contributed by atoms with van der Waals surface area (Å²) in [5.41, 5.74) is 5.72. The van der Waals surface area contributed by atoms with Crippen LogP contribution in [0.25, 0.3) is 0 Å². The highest BCUT2D eigenvalue weighted by Crippen LogP contribution is 2.31. The fourth-order valence-electron chi connectivity index (χ4n) is 2.63. The summed E-state index contributed by atoms with van der Waals surface area (Å²) in [6.45, 7) is 3.95. The third-order valence-corrected chi connectivity index (χ3v) is 3.88. The first-order valence-corrected chi connectivity index (χ1v) is 7.80. The Bertz CT molecular complexity index is 675. The van der Waals surface area contributed by atoms with Gasteiger partial charge in [-0.1, -0.05) is 0 Å².